The van der Waals surface area contributed by atoms with E-state index in [9.17, 15) is 0 Å². The molecule has 0 amide bonds. The van der Waals surface area contributed by atoms with Gasteiger partial charge in [0, 0.05) is 19.8 Å². The minimum atomic E-state index is -0.0673. The number of nitrogens with zero attached hydrogens (tertiary/aromatic N) is 1. The van der Waals surface area contributed by atoms with E-state index in [2.05, 4.69) is 18.9 Å². The summed E-state index contributed by atoms with van der Waals surface area (Å²) in [5.41, 5.74) is 0. The van der Waals surface area contributed by atoms with Crippen LogP contribution in [0.15, 0.2) is 0 Å². The molecule has 0 rings (SSSR count). The Bertz CT molecular complexity index is 236. The van der Waals surface area contributed by atoms with E-state index in [1.54, 1.807) is 0 Å². The summed E-state index contributed by atoms with van der Waals surface area (Å²) in [4.78, 5) is 2.34. The van der Waals surface area contributed by atoms with E-state index in [1.165, 1.54) is 77.0 Å². The highest BCUT2D eigenvalue weighted by Gasteiger charge is 2.10. The van der Waals surface area contributed by atoms with Crippen molar-refractivity contribution in [3.63, 3.8) is 0 Å². The highest BCUT2D eigenvalue weighted by atomic mass is 79.9. The molecule has 0 heterocycles. The topological polar surface area (TPSA) is 21.7 Å². The van der Waals surface area contributed by atoms with Crippen LogP contribution in [0.5, 0.6) is 0 Å². The molecule has 0 aliphatic carbocycles. The van der Waals surface area contributed by atoms with Gasteiger partial charge < -0.3 is 14.4 Å². The van der Waals surface area contributed by atoms with Crippen LogP contribution in [0.1, 0.15) is 97.8 Å². The quantitative estimate of drug-likeness (QED) is 0.172. The van der Waals surface area contributed by atoms with Crippen molar-refractivity contribution in [1.29, 1.82) is 0 Å². The van der Waals surface area contributed by atoms with Crippen molar-refractivity contribution in [3.05, 3.63) is 0 Å². The third-order valence-corrected chi connectivity index (χ3v) is 4.56. The number of rotatable bonds is 19. The van der Waals surface area contributed by atoms with Crippen LogP contribution in [0, 0.1) is 0 Å². The van der Waals surface area contributed by atoms with E-state index in [0.717, 1.165) is 26.3 Å². The first kappa shape index (κ1) is 27.6. The zero-order chi connectivity index (χ0) is 17.9. The lowest BCUT2D eigenvalue weighted by Gasteiger charge is -2.23. The predicted octanol–water partition coefficient (Wildman–Crippen LogP) is 6.60. The lowest BCUT2D eigenvalue weighted by Crippen LogP contribution is -2.33. The average molecular weight is 425 g/mol. The second kappa shape index (κ2) is 22.4. The number of likely N-dealkylation sites (N-methyl/N-ethyl adjacent to an activating group) is 1. The fourth-order valence-electron chi connectivity index (χ4n) is 3.09. The largest absolute Gasteiger partial charge is 0.352 e. The summed E-state index contributed by atoms with van der Waals surface area (Å²) in [6.45, 7) is 9.80. The molecule has 0 N–H and O–H groups in total. The molecule has 0 aliphatic heterocycles. The van der Waals surface area contributed by atoms with E-state index in [1.807, 2.05) is 13.8 Å². The maximum atomic E-state index is 5.60. The van der Waals surface area contributed by atoms with E-state index in [4.69, 9.17) is 9.47 Å². The molecule has 154 valence electrons. The first-order valence-electron chi connectivity index (χ1n) is 10.7. The maximum absolute atomic E-state index is 5.60. The van der Waals surface area contributed by atoms with Gasteiger partial charge in [-0.15, -0.1) is 17.0 Å². The van der Waals surface area contributed by atoms with Gasteiger partial charge in [-0.25, -0.2) is 0 Å². The molecule has 25 heavy (non-hydrogen) atoms. The highest BCUT2D eigenvalue weighted by molar-refractivity contribution is 8.93. The van der Waals surface area contributed by atoms with Crippen LogP contribution in [-0.2, 0) is 9.47 Å². The highest BCUT2D eigenvalue weighted by Crippen LogP contribution is 2.12. The molecule has 0 bridgehead atoms. The van der Waals surface area contributed by atoms with Crippen molar-refractivity contribution in [1.82, 2.24) is 4.90 Å². The predicted molar refractivity (Wildman–Crippen MR) is 116 cm³/mol. The molecule has 0 radical (unpaired) electrons. The monoisotopic (exact) mass is 423 g/mol. The van der Waals surface area contributed by atoms with Gasteiger partial charge >= 0.3 is 0 Å². The molecular formula is C21H46BrNO2. The van der Waals surface area contributed by atoms with Crippen LogP contribution >= 0.6 is 17.0 Å². The Balaban J connectivity index is 0. The van der Waals surface area contributed by atoms with Gasteiger partial charge in [-0.2, -0.15) is 0 Å². The summed E-state index contributed by atoms with van der Waals surface area (Å²) in [5.74, 6) is 0. The van der Waals surface area contributed by atoms with E-state index in [-0.39, 0.29) is 23.3 Å². The maximum Gasteiger partial charge on any atom is 0.170 e. The summed E-state index contributed by atoms with van der Waals surface area (Å²) in [7, 11) is 2.17. The van der Waals surface area contributed by atoms with Gasteiger partial charge in [-0.05, 0) is 33.9 Å². The lowest BCUT2D eigenvalue weighted by atomic mass is 10.1. The van der Waals surface area contributed by atoms with Crippen molar-refractivity contribution >= 4 is 17.0 Å². The Labute approximate surface area is 169 Å². The van der Waals surface area contributed by atoms with Crippen molar-refractivity contribution in [2.45, 2.75) is 104 Å². The van der Waals surface area contributed by atoms with Gasteiger partial charge in [0.1, 0.15) is 0 Å². The normalized spacial score (nSPS) is 11.3. The molecule has 0 aromatic rings. The lowest BCUT2D eigenvalue weighted by molar-refractivity contribution is -0.145. The molecule has 0 unspecified atom stereocenters. The van der Waals surface area contributed by atoms with Gasteiger partial charge in [0.25, 0.3) is 0 Å². The van der Waals surface area contributed by atoms with Crippen molar-refractivity contribution < 1.29 is 9.47 Å². The van der Waals surface area contributed by atoms with Crippen molar-refractivity contribution in [3.8, 4) is 0 Å². The molecule has 0 saturated heterocycles. The third-order valence-electron chi connectivity index (χ3n) is 4.56. The Morgan fingerprint density at radius 3 is 1.44 bits per heavy atom. The molecule has 4 heteroatoms. The summed E-state index contributed by atoms with van der Waals surface area (Å²) >= 11 is 0. The van der Waals surface area contributed by atoms with Gasteiger partial charge in [-0.3, -0.25) is 0 Å². The van der Waals surface area contributed by atoms with Crippen LogP contribution in [0.2, 0.25) is 0 Å². The van der Waals surface area contributed by atoms with E-state index >= 15 is 0 Å². The Morgan fingerprint density at radius 1 is 0.640 bits per heavy atom. The molecule has 0 saturated carbocycles. The molecule has 0 spiro atoms. The van der Waals surface area contributed by atoms with E-state index in [0.29, 0.717) is 0 Å². The fourth-order valence-corrected chi connectivity index (χ4v) is 3.09. The number of hydrogen-bond acceptors (Lipinski definition) is 3. The second-order valence-corrected chi connectivity index (χ2v) is 6.99. The zero-order valence-corrected chi connectivity index (χ0v) is 19.3. The fraction of sp³-hybridized carbons (Fsp3) is 1.00. The Hall–Kier alpha value is 0.360. The summed E-state index contributed by atoms with van der Waals surface area (Å²) in [5, 5.41) is 0. The standard InChI is InChI=1S/C21H45NO2.BrH/c1-5-8-9-10-11-12-13-14-15-16-17-18-19-22(4)20-21(23-6-2)24-7-3;/h21H,5-20H2,1-4H3;1H. The Morgan fingerprint density at radius 2 is 1.04 bits per heavy atom. The van der Waals surface area contributed by atoms with Crippen LogP contribution in [0.25, 0.3) is 0 Å². The van der Waals surface area contributed by atoms with Gasteiger partial charge in [0.2, 0.25) is 0 Å². The smallest absolute Gasteiger partial charge is 0.170 e. The first-order valence-corrected chi connectivity index (χ1v) is 10.7. The van der Waals surface area contributed by atoms with Crippen molar-refractivity contribution in [2.24, 2.45) is 0 Å². The van der Waals surface area contributed by atoms with Crippen molar-refractivity contribution in [2.75, 3.05) is 33.4 Å². The second-order valence-electron chi connectivity index (χ2n) is 6.99. The zero-order valence-electron chi connectivity index (χ0n) is 17.6. The summed E-state index contributed by atoms with van der Waals surface area (Å²) in [6.07, 6.45) is 16.8. The van der Waals surface area contributed by atoms with Gasteiger partial charge in [0.05, 0.1) is 0 Å². The van der Waals surface area contributed by atoms with Crippen LogP contribution in [-0.4, -0.2) is 44.5 Å². The molecule has 0 fully saturated rings. The molecule has 0 aromatic heterocycles. The van der Waals surface area contributed by atoms with Crippen LogP contribution < -0.4 is 0 Å². The molecule has 0 aromatic carbocycles. The number of ether oxygens (including phenoxy) is 2. The first-order chi connectivity index (χ1) is 11.7. The minimum Gasteiger partial charge on any atom is -0.352 e. The van der Waals surface area contributed by atoms with Gasteiger partial charge in [0.15, 0.2) is 6.29 Å². The molecular weight excluding hydrogens is 378 g/mol. The molecule has 0 aliphatic rings. The third kappa shape index (κ3) is 20.5. The van der Waals surface area contributed by atoms with Crippen LogP contribution in [0.3, 0.4) is 0 Å². The van der Waals surface area contributed by atoms with Crippen LogP contribution in [0.4, 0.5) is 0 Å². The van der Waals surface area contributed by atoms with Gasteiger partial charge in [-0.1, -0.05) is 77.6 Å². The average Bonchev–Trinajstić information content (AvgIpc) is 2.56. The number of unbranched alkanes of at least 4 members (excludes halogenated alkanes) is 11. The SMILES string of the molecule is Br.CCCCCCCCCCCCCCN(C)CC(OCC)OCC. The molecule has 0 atom stereocenters. The van der Waals surface area contributed by atoms with E-state index < -0.39 is 0 Å². The number of halogens is 1. The number of hydrogen-bond donors (Lipinski definition) is 0. The Kier molecular flexibility index (Phi) is 24.7. The summed E-state index contributed by atoms with van der Waals surface area (Å²) < 4.78 is 11.2. The minimum absolute atomic E-state index is 0. The summed E-state index contributed by atoms with van der Waals surface area (Å²) in [6, 6.07) is 0. The molecule has 3 nitrogen and oxygen atoms in total.